The minimum atomic E-state index is -2.28. The van der Waals surface area contributed by atoms with Crippen molar-refractivity contribution in [3.63, 3.8) is 0 Å². The number of carbonyl (C=O) groups excluding carboxylic acids is 1. The molecule has 0 aliphatic carbocycles. The van der Waals surface area contributed by atoms with Gasteiger partial charge in [0.05, 0.1) is 9.73 Å². The van der Waals surface area contributed by atoms with Crippen molar-refractivity contribution in [1.29, 1.82) is 0 Å². The van der Waals surface area contributed by atoms with Gasteiger partial charge in [-0.2, -0.15) is 4.36 Å². The highest BCUT2D eigenvalue weighted by Crippen LogP contribution is 1.96. The number of amides is 1. The van der Waals surface area contributed by atoms with Crippen LogP contribution in [0.1, 0.15) is 13.3 Å². The lowest BCUT2D eigenvalue weighted by Gasteiger charge is -2.09. The third kappa shape index (κ3) is 7.93. The molecule has 1 unspecified atom stereocenters. The monoisotopic (exact) mass is 206 g/mol. The molecule has 0 spiro atoms. The maximum Gasteiger partial charge on any atom is 0.250 e. The molecule has 0 aromatic carbocycles. The van der Waals surface area contributed by atoms with E-state index >= 15 is 0 Å². The molecule has 5 heteroatoms. The fourth-order valence-corrected chi connectivity index (χ4v) is 2.27. The molecule has 1 atom stereocenters. The van der Waals surface area contributed by atoms with E-state index in [1.54, 1.807) is 0 Å². The van der Waals surface area contributed by atoms with E-state index in [4.69, 9.17) is 0 Å². The molecule has 0 N–H and O–H groups in total. The average molecular weight is 206 g/mol. The van der Waals surface area contributed by atoms with Crippen LogP contribution in [0.4, 0.5) is 0 Å². The van der Waals surface area contributed by atoms with Crippen molar-refractivity contribution >= 4 is 15.6 Å². The summed E-state index contributed by atoms with van der Waals surface area (Å²) in [6.45, 7) is 2.20. The van der Waals surface area contributed by atoms with Crippen LogP contribution in [0.15, 0.2) is 4.36 Å². The van der Waals surface area contributed by atoms with Crippen LogP contribution in [0, 0.1) is 0 Å². The van der Waals surface area contributed by atoms with Crippen molar-refractivity contribution in [2.45, 2.75) is 13.3 Å². The lowest BCUT2D eigenvalue weighted by molar-refractivity contribution is -0.115. The van der Waals surface area contributed by atoms with Gasteiger partial charge in [0.15, 0.2) is 0 Å². The maximum atomic E-state index is 11.6. The minimum absolute atomic E-state index is 0.350. The van der Waals surface area contributed by atoms with E-state index in [1.807, 2.05) is 19.0 Å². The first-order valence-corrected chi connectivity index (χ1v) is 6.28. The van der Waals surface area contributed by atoms with Gasteiger partial charge in [0, 0.05) is 18.9 Å². The van der Waals surface area contributed by atoms with Crippen LogP contribution in [0.3, 0.4) is 0 Å². The molecule has 0 rings (SSSR count). The number of rotatable bonds is 4. The van der Waals surface area contributed by atoms with E-state index in [0.29, 0.717) is 5.75 Å². The second-order valence-electron chi connectivity index (χ2n) is 3.43. The molecule has 0 aliphatic heterocycles. The van der Waals surface area contributed by atoms with Crippen molar-refractivity contribution in [2.75, 3.05) is 32.6 Å². The molecular weight excluding hydrogens is 188 g/mol. The van der Waals surface area contributed by atoms with Crippen molar-refractivity contribution in [2.24, 2.45) is 4.36 Å². The lowest BCUT2D eigenvalue weighted by atomic mass is 10.5. The number of hydrogen-bond acceptors (Lipinski definition) is 3. The first-order chi connectivity index (χ1) is 5.83. The van der Waals surface area contributed by atoms with E-state index in [0.717, 1.165) is 13.0 Å². The summed E-state index contributed by atoms with van der Waals surface area (Å²) < 4.78 is 15.1. The first-order valence-electron chi connectivity index (χ1n) is 4.18. The number of hydrogen-bond donors (Lipinski definition) is 0. The van der Waals surface area contributed by atoms with Gasteiger partial charge < -0.3 is 4.90 Å². The smallest absolute Gasteiger partial charge is 0.250 e. The Morgan fingerprint density at radius 3 is 2.38 bits per heavy atom. The van der Waals surface area contributed by atoms with Gasteiger partial charge in [0.2, 0.25) is 0 Å². The quantitative estimate of drug-likeness (QED) is 0.676. The Labute approximate surface area is 80.5 Å². The Hall–Kier alpha value is -0.420. The normalized spacial score (nSPS) is 15.5. The van der Waals surface area contributed by atoms with Gasteiger partial charge in [-0.25, -0.2) is 4.21 Å². The standard InChI is InChI=1S/C8H18N2O2S/c1-8(11)9-13(4,12)7-5-6-10(2)3/h5-7H2,1-4H3. The Morgan fingerprint density at radius 1 is 1.46 bits per heavy atom. The summed E-state index contributed by atoms with van der Waals surface area (Å²) in [7, 11) is 1.64. The fraction of sp³-hybridized carbons (Fsp3) is 0.875. The Kier molecular flexibility index (Phi) is 5.17. The molecule has 0 aliphatic rings. The van der Waals surface area contributed by atoms with Gasteiger partial charge in [-0.3, -0.25) is 4.79 Å². The Balaban J connectivity index is 4.05. The second kappa shape index (κ2) is 5.34. The molecular formula is C8H18N2O2S. The predicted molar refractivity (Wildman–Crippen MR) is 55.2 cm³/mol. The molecule has 1 amide bonds. The molecule has 0 aromatic rings. The Morgan fingerprint density at radius 2 is 2.00 bits per heavy atom. The third-order valence-corrected chi connectivity index (χ3v) is 3.14. The highest BCUT2D eigenvalue weighted by Gasteiger charge is 2.03. The zero-order chi connectivity index (χ0) is 10.5. The zero-order valence-corrected chi connectivity index (χ0v) is 9.56. The molecule has 0 aromatic heterocycles. The number of carbonyl (C=O) groups is 1. The van der Waals surface area contributed by atoms with Gasteiger partial charge in [0.1, 0.15) is 0 Å². The lowest BCUT2D eigenvalue weighted by Crippen LogP contribution is -2.16. The van der Waals surface area contributed by atoms with Gasteiger partial charge in [-0.1, -0.05) is 0 Å². The van der Waals surface area contributed by atoms with E-state index in [9.17, 15) is 9.00 Å². The molecule has 13 heavy (non-hydrogen) atoms. The molecule has 0 saturated heterocycles. The Bertz CT molecular complexity index is 278. The van der Waals surface area contributed by atoms with Crippen LogP contribution in [0.25, 0.3) is 0 Å². The van der Waals surface area contributed by atoms with Crippen molar-refractivity contribution in [1.82, 2.24) is 4.90 Å². The van der Waals surface area contributed by atoms with Crippen molar-refractivity contribution in [3.05, 3.63) is 0 Å². The molecule has 78 valence electrons. The summed E-state index contributed by atoms with van der Waals surface area (Å²) in [5.41, 5.74) is 0. The summed E-state index contributed by atoms with van der Waals surface area (Å²) in [6, 6.07) is 0. The second-order valence-corrected chi connectivity index (χ2v) is 5.94. The highest BCUT2D eigenvalue weighted by molar-refractivity contribution is 7.93. The topological polar surface area (TPSA) is 49.7 Å². The van der Waals surface area contributed by atoms with Crippen LogP contribution in [0.5, 0.6) is 0 Å². The third-order valence-electron chi connectivity index (χ3n) is 1.45. The van der Waals surface area contributed by atoms with Gasteiger partial charge >= 0.3 is 0 Å². The van der Waals surface area contributed by atoms with E-state index in [1.165, 1.54) is 13.2 Å². The molecule has 4 nitrogen and oxygen atoms in total. The average Bonchev–Trinajstić information content (AvgIpc) is 1.81. The summed E-state index contributed by atoms with van der Waals surface area (Å²) in [5.74, 6) is 0.141. The summed E-state index contributed by atoms with van der Waals surface area (Å²) >= 11 is 0. The van der Waals surface area contributed by atoms with Crippen LogP contribution >= 0.6 is 0 Å². The fourth-order valence-electron chi connectivity index (χ4n) is 0.966. The number of nitrogens with zero attached hydrogens (tertiary/aromatic N) is 2. The van der Waals surface area contributed by atoms with Gasteiger partial charge in [-0.15, -0.1) is 0 Å². The summed E-state index contributed by atoms with van der Waals surface area (Å²) in [6.07, 6.45) is 2.34. The van der Waals surface area contributed by atoms with Gasteiger partial charge in [0.25, 0.3) is 5.91 Å². The largest absolute Gasteiger partial charge is 0.309 e. The molecule has 0 saturated carbocycles. The van der Waals surface area contributed by atoms with Crippen LogP contribution in [-0.4, -0.2) is 47.7 Å². The molecule has 0 heterocycles. The first kappa shape index (κ1) is 12.6. The van der Waals surface area contributed by atoms with E-state index in [-0.39, 0.29) is 5.91 Å². The van der Waals surface area contributed by atoms with E-state index < -0.39 is 9.73 Å². The maximum absolute atomic E-state index is 11.6. The zero-order valence-electron chi connectivity index (χ0n) is 8.74. The van der Waals surface area contributed by atoms with E-state index in [2.05, 4.69) is 4.36 Å². The molecule has 0 bridgehead atoms. The predicted octanol–water partition coefficient (Wildman–Crippen LogP) is 0.582. The summed E-state index contributed by atoms with van der Waals surface area (Å²) in [5, 5.41) is 0. The minimum Gasteiger partial charge on any atom is -0.309 e. The van der Waals surface area contributed by atoms with Crippen LogP contribution < -0.4 is 0 Å². The molecule has 0 radical (unpaired) electrons. The van der Waals surface area contributed by atoms with Crippen LogP contribution in [0.2, 0.25) is 0 Å². The van der Waals surface area contributed by atoms with Crippen molar-refractivity contribution < 1.29 is 9.00 Å². The molecule has 0 fully saturated rings. The highest BCUT2D eigenvalue weighted by atomic mass is 32.2. The van der Waals surface area contributed by atoms with Crippen LogP contribution in [-0.2, 0) is 14.5 Å². The SMILES string of the molecule is CC(=O)N=S(C)(=O)CCCN(C)C. The van der Waals surface area contributed by atoms with Gasteiger partial charge in [-0.05, 0) is 27.1 Å². The summed E-state index contributed by atoms with van der Waals surface area (Å²) in [4.78, 5) is 12.6. The van der Waals surface area contributed by atoms with Crippen molar-refractivity contribution in [3.8, 4) is 0 Å².